The maximum absolute atomic E-state index is 12.1. The number of aromatic nitrogens is 1. The van der Waals surface area contributed by atoms with Crippen molar-refractivity contribution in [3.63, 3.8) is 0 Å². The lowest BCUT2D eigenvalue weighted by Crippen LogP contribution is -2.38. The largest absolute Gasteiger partial charge is 0.381 e. The van der Waals surface area contributed by atoms with E-state index < -0.39 is 0 Å². The molecule has 128 valence electrons. The Morgan fingerprint density at radius 1 is 1.33 bits per heavy atom. The Bertz CT molecular complexity index is 684. The van der Waals surface area contributed by atoms with E-state index in [2.05, 4.69) is 15.6 Å². The number of urea groups is 1. The number of anilines is 1. The highest BCUT2D eigenvalue weighted by Gasteiger charge is 2.15. The first-order valence-electron chi connectivity index (χ1n) is 8.04. The minimum atomic E-state index is -0.208. The number of carbonyl (C=O) groups is 1. The highest BCUT2D eigenvalue weighted by atomic mass is 35.5. The minimum absolute atomic E-state index is 0.162. The molecular formula is C17H20ClN3O2S. The van der Waals surface area contributed by atoms with Crippen LogP contribution in [0.5, 0.6) is 0 Å². The third-order valence-electron chi connectivity index (χ3n) is 3.88. The number of ether oxygens (including phenoxy) is 1. The first kappa shape index (κ1) is 17.2. The molecule has 2 amide bonds. The van der Waals surface area contributed by atoms with Crippen LogP contribution >= 0.6 is 22.9 Å². The molecule has 3 rings (SSSR count). The Hall–Kier alpha value is -1.63. The molecule has 2 N–H and O–H groups in total. The predicted octanol–water partition coefficient (Wildman–Crippen LogP) is 4.08. The molecule has 1 aliphatic heterocycles. The first-order chi connectivity index (χ1) is 11.7. The van der Waals surface area contributed by atoms with Gasteiger partial charge in [0.1, 0.15) is 0 Å². The number of hydrogen-bond acceptors (Lipinski definition) is 4. The number of nitrogens with zero attached hydrogens (tertiary/aromatic N) is 1. The van der Waals surface area contributed by atoms with Gasteiger partial charge in [-0.25, -0.2) is 9.78 Å². The Morgan fingerprint density at radius 3 is 3.08 bits per heavy atom. The Labute approximate surface area is 150 Å². The summed E-state index contributed by atoms with van der Waals surface area (Å²) in [5.41, 5.74) is 1.05. The maximum atomic E-state index is 12.1. The highest BCUT2D eigenvalue weighted by molar-refractivity contribution is 7.15. The number of rotatable bonds is 4. The van der Waals surface area contributed by atoms with Gasteiger partial charge >= 0.3 is 6.03 Å². The highest BCUT2D eigenvalue weighted by Crippen LogP contribution is 2.24. The zero-order valence-corrected chi connectivity index (χ0v) is 14.8. The van der Waals surface area contributed by atoms with Gasteiger partial charge in [-0.2, -0.15) is 0 Å². The van der Waals surface area contributed by atoms with Gasteiger partial charge in [0.25, 0.3) is 0 Å². The number of nitrogens with one attached hydrogen (secondary N) is 2. The van der Waals surface area contributed by atoms with Crippen LogP contribution in [0, 0.1) is 0 Å². The van der Waals surface area contributed by atoms with Gasteiger partial charge in [0.05, 0.1) is 0 Å². The molecule has 1 atom stereocenters. The molecule has 1 aliphatic rings. The van der Waals surface area contributed by atoms with Crippen molar-refractivity contribution in [1.29, 1.82) is 0 Å². The number of thiazole rings is 1. The summed E-state index contributed by atoms with van der Waals surface area (Å²) in [4.78, 5) is 17.4. The van der Waals surface area contributed by atoms with Gasteiger partial charge < -0.3 is 10.1 Å². The van der Waals surface area contributed by atoms with Gasteiger partial charge in [0.15, 0.2) is 5.13 Å². The van der Waals surface area contributed by atoms with Crippen LogP contribution < -0.4 is 10.6 Å². The lowest BCUT2D eigenvalue weighted by Gasteiger charge is -2.15. The predicted molar refractivity (Wildman–Crippen MR) is 97.0 cm³/mol. The van der Waals surface area contributed by atoms with Gasteiger partial charge in [0.2, 0.25) is 0 Å². The SMILES string of the molecule is O=C(Nc1ncc(Cc2ccccc2Cl)s1)NC1CCCOCC1. The molecule has 1 fully saturated rings. The molecular weight excluding hydrogens is 346 g/mol. The van der Waals surface area contributed by atoms with Gasteiger partial charge in [-0.05, 0) is 30.9 Å². The van der Waals surface area contributed by atoms with Gasteiger partial charge in [-0.3, -0.25) is 5.32 Å². The van der Waals surface area contributed by atoms with E-state index >= 15 is 0 Å². The summed E-state index contributed by atoms with van der Waals surface area (Å²) < 4.78 is 5.40. The molecule has 7 heteroatoms. The number of amides is 2. The molecule has 0 aliphatic carbocycles. The van der Waals surface area contributed by atoms with Crippen LogP contribution in [0.1, 0.15) is 29.7 Å². The first-order valence-corrected chi connectivity index (χ1v) is 9.23. The van der Waals surface area contributed by atoms with Crippen LogP contribution in [0.15, 0.2) is 30.5 Å². The van der Waals surface area contributed by atoms with Crippen LogP contribution in [0.25, 0.3) is 0 Å². The zero-order valence-electron chi connectivity index (χ0n) is 13.3. The molecule has 1 unspecified atom stereocenters. The smallest absolute Gasteiger partial charge is 0.321 e. The van der Waals surface area contributed by atoms with Gasteiger partial charge in [-0.15, -0.1) is 11.3 Å². The van der Waals surface area contributed by atoms with Gasteiger partial charge in [0, 0.05) is 41.8 Å². The molecule has 1 aromatic carbocycles. The Morgan fingerprint density at radius 2 is 2.21 bits per heavy atom. The monoisotopic (exact) mass is 365 g/mol. The summed E-state index contributed by atoms with van der Waals surface area (Å²) in [5, 5.41) is 7.15. The van der Waals surface area contributed by atoms with Crippen LogP contribution in [-0.4, -0.2) is 30.3 Å². The molecule has 1 saturated heterocycles. The van der Waals surface area contributed by atoms with E-state index in [1.807, 2.05) is 24.3 Å². The number of hydrogen-bond donors (Lipinski definition) is 2. The van der Waals surface area contributed by atoms with E-state index in [1.165, 1.54) is 11.3 Å². The number of benzene rings is 1. The topological polar surface area (TPSA) is 63.2 Å². The minimum Gasteiger partial charge on any atom is -0.381 e. The Kier molecular flexibility index (Phi) is 6.07. The fourth-order valence-corrected chi connectivity index (χ4v) is 3.68. The van der Waals surface area contributed by atoms with Crippen molar-refractivity contribution in [3.8, 4) is 0 Å². The molecule has 2 heterocycles. The maximum Gasteiger partial charge on any atom is 0.321 e. The van der Waals surface area contributed by atoms with Crippen molar-refractivity contribution in [2.24, 2.45) is 0 Å². The van der Waals surface area contributed by atoms with Crippen molar-refractivity contribution in [1.82, 2.24) is 10.3 Å². The standard InChI is InChI=1S/C17H20ClN3O2S/c18-15-6-2-1-4-12(15)10-14-11-19-17(24-14)21-16(22)20-13-5-3-8-23-9-7-13/h1-2,4,6,11,13H,3,5,7-10H2,(H2,19,20,21,22). The summed E-state index contributed by atoms with van der Waals surface area (Å²) in [6.45, 7) is 1.47. The lowest BCUT2D eigenvalue weighted by atomic mass is 10.1. The third-order valence-corrected chi connectivity index (χ3v) is 5.17. The molecule has 0 bridgehead atoms. The van der Waals surface area contributed by atoms with Crippen LogP contribution in [0.2, 0.25) is 5.02 Å². The molecule has 24 heavy (non-hydrogen) atoms. The van der Waals surface area contributed by atoms with Crippen LogP contribution in [-0.2, 0) is 11.2 Å². The van der Waals surface area contributed by atoms with Crippen molar-refractivity contribution in [2.45, 2.75) is 31.7 Å². The average Bonchev–Trinajstić information content (AvgIpc) is 2.83. The summed E-state index contributed by atoms with van der Waals surface area (Å²) in [5.74, 6) is 0. The fourth-order valence-electron chi connectivity index (χ4n) is 2.64. The zero-order chi connectivity index (χ0) is 16.8. The van der Waals surface area contributed by atoms with Gasteiger partial charge in [-0.1, -0.05) is 29.8 Å². The lowest BCUT2D eigenvalue weighted by molar-refractivity contribution is 0.143. The quantitative estimate of drug-likeness (QED) is 0.858. The van der Waals surface area contributed by atoms with E-state index in [0.29, 0.717) is 18.2 Å². The van der Waals surface area contributed by atoms with E-state index in [1.54, 1.807) is 6.20 Å². The fraction of sp³-hybridized carbons (Fsp3) is 0.412. The van der Waals surface area contributed by atoms with Crippen LogP contribution in [0.4, 0.5) is 9.93 Å². The second kappa shape index (κ2) is 8.46. The second-order valence-electron chi connectivity index (χ2n) is 5.74. The summed E-state index contributed by atoms with van der Waals surface area (Å²) in [7, 11) is 0. The molecule has 0 radical (unpaired) electrons. The average molecular weight is 366 g/mol. The number of halogens is 1. The summed E-state index contributed by atoms with van der Waals surface area (Å²) in [6, 6.07) is 7.70. The van der Waals surface area contributed by atoms with Crippen LogP contribution in [0.3, 0.4) is 0 Å². The van der Waals surface area contributed by atoms with E-state index in [9.17, 15) is 4.79 Å². The molecule has 0 saturated carbocycles. The summed E-state index contributed by atoms with van der Waals surface area (Å²) in [6.07, 6.45) is 5.26. The molecule has 5 nitrogen and oxygen atoms in total. The second-order valence-corrected chi connectivity index (χ2v) is 7.26. The van der Waals surface area contributed by atoms with Crippen molar-refractivity contribution in [2.75, 3.05) is 18.5 Å². The third kappa shape index (κ3) is 4.93. The molecule has 0 spiro atoms. The van der Waals surface area contributed by atoms with Crippen molar-refractivity contribution < 1.29 is 9.53 Å². The molecule has 1 aromatic heterocycles. The normalized spacial score (nSPS) is 18.0. The van der Waals surface area contributed by atoms with E-state index in [0.717, 1.165) is 41.3 Å². The van der Waals surface area contributed by atoms with Crippen molar-refractivity contribution in [3.05, 3.63) is 45.9 Å². The molecule has 2 aromatic rings. The van der Waals surface area contributed by atoms with Crippen molar-refractivity contribution >= 4 is 34.1 Å². The van der Waals surface area contributed by atoms with E-state index in [4.69, 9.17) is 16.3 Å². The summed E-state index contributed by atoms with van der Waals surface area (Å²) >= 11 is 7.65. The van der Waals surface area contributed by atoms with E-state index in [-0.39, 0.29) is 12.1 Å². The Balaban J connectivity index is 1.53. The number of carbonyl (C=O) groups excluding carboxylic acids is 1.